The number of carbonyl (C=O) groups is 3. The molecule has 0 fully saturated rings. The fourth-order valence-electron chi connectivity index (χ4n) is 2.75. The van der Waals surface area contributed by atoms with Crippen molar-refractivity contribution in [3.63, 3.8) is 0 Å². The highest BCUT2D eigenvalue weighted by Crippen LogP contribution is 2.34. The average molecular weight is 339 g/mol. The van der Waals surface area contributed by atoms with E-state index in [9.17, 15) is 14.4 Å². The number of aryl methyl sites for hydroxylation is 1. The van der Waals surface area contributed by atoms with Gasteiger partial charge in [-0.25, -0.2) is 4.79 Å². The van der Waals surface area contributed by atoms with Crippen LogP contribution in [0.4, 0.5) is 0 Å². The minimum absolute atomic E-state index is 0.126. The number of hydrogen-bond acceptors (Lipinski definition) is 6. The summed E-state index contributed by atoms with van der Waals surface area (Å²) in [6, 6.07) is 0. The molecule has 0 aliphatic heterocycles. The second kappa shape index (κ2) is 7.99. The number of aromatic amines is 1. The van der Waals surface area contributed by atoms with Gasteiger partial charge in [0.2, 0.25) is 0 Å². The molecule has 1 heterocycles. The molecule has 0 radical (unpaired) electrons. The van der Waals surface area contributed by atoms with Crippen molar-refractivity contribution in [1.82, 2.24) is 4.98 Å². The maximum Gasteiger partial charge on any atom is 0.355 e. The molecular weight excluding hydrogens is 314 g/mol. The molecule has 134 valence electrons. The summed E-state index contributed by atoms with van der Waals surface area (Å²) in [5.41, 5.74) is -0.0955. The first-order valence-corrected chi connectivity index (χ1v) is 7.96. The maximum atomic E-state index is 12.5. The van der Waals surface area contributed by atoms with Gasteiger partial charge < -0.3 is 19.2 Å². The molecule has 1 aromatic heterocycles. The molecule has 7 nitrogen and oxygen atoms in total. The van der Waals surface area contributed by atoms with Gasteiger partial charge in [0.05, 0.1) is 19.8 Å². The predicted molar refractivity (Wildman–Crippen MR) is 86.8 cm³/mol. The first kappa shape index (κ1) is 19.7. The lowest BCUT2D eigenvalue weighted by Crippen LogP contribution is -2.44. The monoisotopic (exact) mass is 339 g/mol. The van der Waals surface area contributed by atoms with Crippen molar-refractivity contribution in [2.45, 2.75) is 47.0 Å². The summed E-state index contributed by atoms with van der Waals surface area (Å²) in [5.74, 6) is -1.98. The molecule has 0 saturated carbocycles. The van der Waals surface area contributed by atoms with Gasteiger partial charge >= 0.3 is 17.9 Å². The minimum Gasteiger partial charge on any atom is -0.465 e. The van der Waals surface area contributed by atoms with Gasteiger partial charge in [-0.15, -0.1) is 0 Å². The summed E-state index contributed by atoms with van der Waals surface area (Å²) in [6.45, 7) is 10.3. The van der Waals surface area contributed by atoms with Crippen LogP contribution >= 0.6 is 0 Å². The number of esters is 3. The Hall–Kier alpha value is -2.31. The van der Waals surface area contributed by atoms with Crippen molar-refractivity contribution < 1.29 is 28.6 Å². The maximum absolute atomic E-state index is 12.5. The van der Waals surface area contributed by atoms with Crippen molar-refractivity contribution >= 4 is 17.9 Å². The Kier molecular flexibility index (Phi) is 6.57. The molecule has 0 aliphatic carbocycles. The molecule has 1 rings (SSSR count). The summed E-state index contributed by atoms with van der Waals surface area (Å²) < 4.78 is 15.2. The quantitative estimate of drug-likeness (QED) is 0.465. The van der Waals surface area contributed by atoms with E-state index in [1.54, 1.807) is 34.6 Å². The van der Waals surface area contributed by atoms with Gasteiger partial charge in [0.1, 0.15) is 5.69 Å². The van der Waals surface area contributed by atoms with E-state index >= 15 is 0 Å². The molecule has 0 aliphatic rings. The number of ether oxygens (including phenoxy) is 3. The lowest BCUT2D eigenvalue weighted by molar-refractivity contribution is -0.163. The zero-order chi connectivity index (χ0) is 18.5. The third-order valence-corrected chi connectivity index (χ3v) is 3.78. The lowest BCUT2D eigenvalue weighted by atomic mass is 9.80. The van der Waals surface area contributed by atoms with E-state index in [0.29, 0.717) is 16.8 Å². The number of aromatic nitrogens is 1. The Morgan fingerprint density at radius 1 is 0.917 bits per heavy atom. The molecular formula is C17H25NO6. The van der Waals surface area contributed by atoms with Crippen LogP contribution < -0.4 is 0 Å². The molecule has 1 aromatic rings. The van der Waals surface area contributed by atoms with E-state index in [1.807, 2.05) is 0 Å². The predicted octanol–water partition coefficient (Wildman–Crippen LogP) is 2.19. The average Bonchev–Trinajstić information content (AvgIpc) is 2.82. The Balaban J connectivity index is 3.52. The van der Waals surface area contributed by atoms with Crippen LogP contribution in [0.15, 0.2) is 0 Å². The van der Waals surface area contributed by atoms with Gasteiger partial charge in [-0.2, -0.15) is 0 Å². The zero-order valence-electron chi connectivity index (χ0n) is 15.1. The zero-order valence-corrected chi connectivity index (χ0v) is 15.1. The van der Waals surface area contributed by atoms with Crippen molar-refractivity contribution in [2.75, 3.05) is 19.8 Å². The Bertz CT molecular complexity index is 613. The van der Waals surface area contributed by atoms with Crippen molar-refractivity contribution in [1.29, 1.82) is 0 Å². The van der Waals surface area contributed by atoms with Gasteiger partial charge in [-0.1, -0.05) is 0 Å². The SMILES string of the molecule is CCOC(=O)c1[nH]c(C)c(C(C)(C(=O)OCC)C(=O)OCC)c1C. The normalized spacial score (nSPS) is 11.1. The highest BCUT2D eigenvalue weighted by Gasteiger charge is 2.49. The third kappa shape index (κ3) is 3.44. The van der Waals surface area contributed by atoms with Gasteiger partial charge in [0, 0.05) is 11.3 Å². The lowest BCUT2D eigenvalue weighted by Gasteiger charge is -2.26. The molecule has 0 bridgehead atoms. The van der Waals surface area contributed by atoms with E-state index in [2.05, 4.69) is 4.98 Å². The minimum atomic E-state index is -1.67. The summed E-state index contributed by atoms with van der Waals surface area (Å²) in [6.07, 6.45) is 0. The summed E-state index contributed by atoms with van der Waals surface area (Å²) in [5, 5.41) is 0. The van der Waals surface area contributed by atoms with Crippen LogP contribution in [0.25, 0.3) is 0 Å². The summed E-state index contributed by atoms with van der Waals surface area (Å²) in [7, 11) is 0. The summed E-state index contributed by atoms with van der Waals surface area (Å²) in [4.78, 5) is 40.0. The number of nitrogens with one attached hydrogen (secondary N) is 1. The van der Waals surface area contributed by atoms with Crippen LogP contribution in [-0.4, -0.2) is 42.7 Å². The second-order valence-electron chi connectivity index (χ2n) is 5.41. The van der Waals surface area contributed by atoms with Crippen molar-refractivity contribution in [3.05, 3.63) is 22.5 Å². The molecule has 0 atom stereocenters. The molecule has 0 aromatic carbocycles. The van der Waals surface area contributed by atoms with Crippen LogP contribution in [0.2, 0.25) is 0 Å². The van der Waals surface area contributed by atoms with E-state index in [-0.39, 0.29) is 25.5 Å². The number of hydrogen-bond donors (Lipinski definition) is 1. The fraction of sp³-hybridized carbons (Fsp3) is 0.588. The Labute approximate surface area is 141 Å². The molecule has 0 spiro atoms. The van der Waals surface area contributed by atoms with Gasteiger partial charge in [0.15, 0.2) is 5.41 Å². The van der Waals surface area contributed by atoms with Gasteiger partial charge in [0.25, 0.3) is 0 Å². The van der Waals surface area contributed by atoms with Gasteiger partial charge in [-0.05, 0) is 47.1 Å². The largest absolute Gasteiger partial charge is 0.465 e. The van der Waals surface area contributed by atoms with E-state index in [0.717, 1.165) is 0 Å². The molecule has 0 saturated heterocycles. The first-order chi connectivity index (χ1) is 11.2. The topological polar surface area (TPSA) is 94.7 Å². The Morgan fingerprint density at radius 3 is 1.79 bits per heavy atom. The summed E-state index contributed by atoms with van der Waals surface area (Å²) >= 11 is 0. The van der Waals surface area contributed by atoms with Crippen LogP contribution in [0.1, 0.15) is 55.0 Å². The van der Waals surface area contributed by atoms with Crippen molar-refractivity contribution in [3.8, 4) is 0 Å². The van der Waals surface area contributed by atoms with E-state index in [1.165, 1.54) is 6.92 Å². The van der Waals surface area contributed by atoms with E-state index < -0.39 is 23.3 Å². The molecule has 0 amide bonds. The number of carbonyl (C=O) groups excluding carboxylic acids is 3. The van der Waals surface area contributed by atoms with Crippen LogP contribution in [-0.2, 0) is 29.2 Å². The first-order valence-electron chi connectivity index (χ1n) is 7.96. The number of H-pyrrole nitrogens is 1. The highest BCUT2D eigenvalue weighted by atomic mass is 16.6. The second-order valence-corrected chi connectivity index (χ2v) is 5.41. The van der Waals surface area contributed by atoms with Crippen LogP contribution in [0.3, 0.4) is 0 Å². The van der Waals surface area contributed by atoms with Crippen molar-refractivity contribution in [2.24, 2.45) is 0 Å². The fourth-order valence-corrected chi connectivity index (χ4v) is 2.75. The standard InChI is InChI=1S/C17H25NO6/c1-7-22-14(19)13-10(4)12(11(5)18-13)17(6,15(20)23-8-2)16(21)24-9-3/h18H,7-9H2,1-6H3. The molecule has 7 heteroatoms. The van der Waals surface area contributed by atoms with Gasteiger partial charge in [-0.3, -0.25) is 9.59 Å². The van der Waals surface area contributed by atoms with E-state index in [4.69, 9.17) is 14.2 Å². The number of rotatable bonds is 7. The molecule has 24 heavy (non-hydrogen) atoms. The molecule has 1 N–H and O–H groups in total. The third-order valence-electron chi connectivity index (χ3n) is 3.78. The smallest absolute Gasteiger partial charge is 0.355 e. The van der Waals surface area contributed by atoms with Crippen LogP contribution in [0, 0.1) is 13.8 Å². The Morgan fingerprint density at radius 2 is 1.38 bits per heavy atom. The van der Waals surface area contributed by atoms with Crippen LogP contribution in [0.5, 0.6) is 0 Å². The highest BCUT2D eigenvalue weighted by molar-refractivity contribution is 6.07. The molecule has 0 unspecified atom stereocenters.